The summed E-state index contributed by atoms with van der Waals surface area (Å²) in [5, 5.41) is 24.7. The van der Waals surface area contributed by atoms with Gasteiger partial charge in [-0.15, -0.1) is 0 Å². The van der Waals surface area contributed by atoms with Crippen molar-refractivity contribution in [2.75, 3.05) is 11.1 Å². The van der Waals surface area contributed by atoms with Crippen molar-refractivity contribution in [1.82, 2.24) is 5.32 Å². The van der Waals surface area contributed by atoms with Gasteiger partial charge >= 0.3 is 6.18 Å². The predicted molar refractivity (Wildman–Crippen MR) is 116 cm³/mol. The third-order valence-corrected chi connectivity index (χ3v) is 6.87. The fraction of sp³-hybridized carbons (Fsp3) is 0.381. The number of hydrogen-bond donors (Lipinski definition) is 3. The fourth-order valence-corrected chi connectivity index (χ4v) is 5.23. The van der Waals surface area contributed by atoms with E-state index in [-0.39, 0.29) is 17.3 Å². The van der Waals surface area contributed by atoms with Crippen LogP contribution in [-0.2, 0) is 11.0 Å². The molecule has 11 heteroatoms. The lowest BCUT2D eigenvalue weighted by molar-refractivity contribution is -0.137. The molecule has 1 aliphatic carbocycles. The van der Waals surface area contributed by atoms with Crippen LogP contribution in [0.4, 0.5) is 18.9 Å². The zero-order chi connectivity index (χ0) is 23.5. The van der Waals surface area contributed by atoms with Gasteiger partial charge in [-0.1, -0.05) is 42.6 Å². The van der Waals surface area contributed by atoms with Gasteiger partial charge in [0.1, 0.15) is 5.82 Å². The van der Waals surface area contributed by atoms with Crippen molar-refractivity contribution in [3.8, 4) is 12.1 Å². The first-order valence-corrected chi connectivity index (χ1v) is 11.1. The molecule has 1 aromatic rings. The molecule has 4 N–H and O–H groups in total. The number of allylic oxidation sites excluding steroid dienone is 2. The molecule has 6 nitrogen and oxygen atoms in total. The van der Waals surface area contributed by atoms with Crippen LogP contribution in [0.25, 0.3) is 0 Å². The average Bonchev–Trinajstić information content (AvgIpc) is 2.73. The number of anilines is 1. The lowest BCUT2D eigenvalue weighted by Gasteiger charge is -2.40. The summed E-state index contributed by atoms with van der Waals surface area (Å²) in [6.45, 7) is 0. The van der Waals surface area contributed by atoms with Crippen LogP contribution in [0.1, 0.15) is 37.7 Å². The maximum absolute atomic E-state index is 13.0. The molecule has 1 aromatic carbocycles. The molecule has 1 amide bonds. The number of benzene rings is 1. The minimum atomic E-state index is -4.65. The van der Waals surface area contributed by atoms with Gasteiger partial charge in [-0.25, -0.2) is 0 Å². The van der Waals surface area contributed by atoms with Crippen LogP contribution < -0.4 is 16.4 Å². The molecule has 1 spiro atoms. The zero-order valence-electron chi connectivity index (χ0n) is 16.8. The van der Waals surface area contributed by atoms with E-state index < -0.39 is 28.1 Å². The summed E-state index contributed by atoms with van der Waals surface area (Å²) in [4.78, 5) is 12.4. The molecule has 2 aliphatic rings. The molecule has 0 aromatic heterocycles. The number of nitrogens with two attached hydrogens (primary N) is 1. The van der Waals surface area contributed by atoms with Gasteiger partial charge in [0.25, 0.3) is 0 Å². The number of alkyl halides is 3. The standard InChI is InChI=1S/C21H19ClF3N5OS/c22-16-5-4-12(8-13(16)21(23,24)25)29-17(31)11-32-19-15(10-27)20(6-2-1-3-7-20)14(9-26)18(28)30-19/h4-5,8,30H,1-3,6-7,11,28H2,(H,29,31). The van der Waals surface area contributed by atoms with E-state index >= 15 is 0 Å². The molecular formula is C21H19ClF3N5OS. The van der Waals surface area contributed by atoms with E-state index in [1.165, 1.54) is 6.07 Å². The lowest BCUT2D eigenvalue weighted by Crippen LogP contribution is -2.39. The van der Waals surface area contributed by atoms with Gasteiger partial charge in [0.05, 0.1) is 44.7 Å². The zero-order valence-corrected chi connectivity index (χ0v) is 18.3. The number of thioether (sulfide) groups is 1. The van der Waals surface area contributed by atoms with Crippen molar-refractivity contribution in [2.24, 2.45) is 11.1 Å². The van der Waals surface area contributed by atoms with Crippen LogP contribution in [0.3, 0.4) is 0 Å². The highest BCUT2D eigenvalue weighted by Gasteiger charge is 2.45. The Morgan fingerprint density at radius 1 is 1.22 bits per heavy atom. The molecular weight excluding hydrogens is 463 g/mol. The van der Waals surface area contributed by atoms with Crippen molar-refractivity contribution >= 4 is 35.0 Å². The van der Waals surface area contributed by atoms with Gasteiger partial charge in [0.2, 0.25) is 5.91 Å². The van der Waals surface area contributed by atoms with Crippen molar-refractivity contribution in [3.63, 3.8) is 0 Å². The van der Waals surface area contributed by atoms with E-state index in [1.807, 2.05) is 0 Å². The second-order valence-electron chi connectivity index (χ2n) is 7.51. The largest absolute Gasteiger partial charge is 0.417 e. The minimum absolute atomic E-state index is 0.0478. The molecule has 1 heterocycles. The Morgan fingerprint density at radius 3 is 2.47 bits per heavy atom. The summed E-state index contributed by atoms with van der Waals surface area (Å²) in [6, 6.07) is 7.42. The molecule has 32 heavy (non-hydrogen) atoms. The Hall–Kier alpha value is -2.82. The topological polar surface area (TPSA) is 115 Å². The second kappa shape index (κ2) is 9.35. The quantitative estimate of drug-likeness (QED) is 0.556. The van der Waals surface area contributed by atoms with Gasteiger partial charge in [-0.3, -0.25) is 4.79 Å². The predicted octanol–water partition coefficient (Wildman–Crippen LogP) is 5.01. The van der Waals surface area contributed by atoms with Crippen LogP contribution in [0.5, 0.6) is 0 Å². The number of nitrogens with zero attached hydrogens (tertiary/aromatic N) is 2. The number of nitrogens with one attached hydrogen (secondary N) is 2. The minimum Gasteiger partial charge on any atom is -0.384 e. The van der Waals surface area contributed by atoms with Crippen LogP contribution in [0, 0.1) is 28.1 Å². The highest BCUT2D eigenvalue weighted by atomic mass is 35.5. The monoisotopic (exact) mass is 481 g/mol. The van der Waals surface area contributed by atoms with Crippen molar-refractivity contribution < 1.29 is 18.0 Å². The molecule has 3 rings (SSSR count). The molecule has 0 radical (unpaired) electrons. The summed E-state index contributed by atoms with van der Waals surface area (Å²) in [7, 11) is 0. The SMILES string of the molecule is N#CC1=C(N)NC(SCC(=O)Nc2ccc(Cl)c(C(F)(F)F)c2)=C(C#N)C12CCCCC2. The molecule has 1 saturated carbocycles. The third-order valence-electron chi connectivity index (χ3n) is 5.54. The molecule has 1 fully saturated rings. The van der Waals surface area contributed by atoms with E-state index in [2.05, 4.69) is 22.8 Å². The van der Waals surface area contributed by atoms with E-state index in [0.29, 0.717) is 29.0 Å². The fourth-order valence-electron chi connectivity index (χ4n) is 4.09. The number of amides is 1. The smallest absolute Gasteiger partial charge is 0.384 e. The Morgan fingerprint density at radius 2 is 1.88 bits per heavy atom. The Labute approximate surface area is 192 Å². The summed E-state index contributed by atoms with van der Waals surface area (Å²) in [6.07, 6.45) is -0.731. The van der Waals surface area contributed by atoms with Crippen molar-refractivity contribution in [1.29, 1.82) is 10.5 Å². The average molecular weight is 482 g/mol. The van der Waals surface area contributed by atoms with E-state index in [1.54, 1.807) is 0 Å². The number of hydrogen-bond acceptors (Lipinski definition) is 6. The highest BCUT2D eigenvalue weighted by molar-refractivity contribution is 8.03. The first kappa shape index (κ1) is 23.8. The first-order chi connectivity index (χ1) is 15.1. The Balaban J connectivity index is 1.78. The summed E-state index contributed by atoms with van der Waals surface area (Å²) >= 11 is 6.62. The number of nitriles is 2. The first-order valence-electron chi connectivity index (χ1n) is 9.74. The lowest BCUT2D eigenvalue weighted by atomic mass is 9.64. The van der Waals surface area contributed by atoms with Gasteiger partial charge < -0.3 is 16.4 Å². The Kier molecular flexibility index (Phi) is 6.97. The Bertz CT molecular complexity index is 1080. The summed E-state index contributed by atoms with van der Waals surface area (Å²) in [5.74, 6) is -0.588. The van der Waals surface area contributed by atoms with Crippen molar-refractivity contribution in [3.05, 3.63) is 50.8 Å². The van der Waals surface area contributed by atoms with Crippen LogP contribution in [0.15, 0.2) is 40.2 Å². The molecule has 0 unspecified atom stereocenters. The maximum atomic E-state index is 13.0. The summed E-state index contributed by atoms with van der Waals surface area (Å²) in [5.41, 5.74) is 4.91. The van der Waals surface area contributed by atoms with Gasteiger partial charge in [0, 0.05) is 11.1 Å². The van der Waals surface area contributed by atoms with Crippen LogP contribution in [-0.4, -0.2) is 11.7 Å². The molecule has 168 valence electrons. The molecule has 0 atom stereocenters. The summed E-state index contributed by atoms with van der Waals surface area (Å²) < 4.78 is 39.1. The van der Waals surface area contributed by atoms with Crippen molar-refractivity contribution in [2.45, 2.75) is 38.3 Å². The second-order valence-corrected chi connectivity index (χ2v) is 8.91. The highest BCUT2D eigenvalue weighted by Crippen LogP contribution is 2.51. The van der Waals surface area contributed by atoms with Crippen LogP contribution in [0.2, 0.25) is 5.02 Å². The molecule has 1 aliphatic heterocycles. The van der Waals surface area contributed by atoms with Gasteiger partial charge in [-0.05, 0) is 31.0 Å². The number of halogens is 4. The normalized spacial score (nSPS) is 18.1. The third kappa shape index (κ3) is 4.67. The van der Waals surface area contributed by atoms with Gasteiger partial charge in [0.15, 0.2) is 0 Å². The number of dihydropyridines is 1. The van der Waals surface area contributed by atoms with Gasteiger partial charge in [-0.2, -0.15) is 23.7 Å². The van der Waals surface area contributed by atoms with E-state index in [0.717, 1.165) is 43.2 Å². The van der Waals surface area contributed by atoms with Crippen LogP contribution >= 0.6 is 23.4 Å². The van der Waals surface area contributed by atoms with E-state index in [4.69, 9.17) is 17.3 Å². The number of rotatable bonds is 4. The number of carbonyl (C=O) groups is 1. The maximum Gasteiger partial charge on any atom is 0.417 e. The molecule has 0 bridgehead atoms. The molecule has 0 saturated heterocycles. The van der Waals surface area contributed by atoms with E-state index in [9.17, 15) is 28.5 Å². The number of carbonyl (C=O) groups excluding carboxylic acids is 1.